The van der Waals surface area contributed by atoms with E-state index in [9.17, 15) is 4.79 Å². The van der Waals surface area contributed by atoms with E-state index in [0.717, 1.165) is 70.3 Å². The van der Waals surface area contributed by atoms with Crippen molar-refractivity contribution >= 4 is 11.9 Å². The molecule has 1 saturated heterocycles. The van der Waals surface area contributed by atoms with Crippen LogP contribution in [0.4, 0.5) is 0 Å². The molecule has 0 bridgehead atoms. The van der Waals surface area contributed by atoms with Crippen LogP contribution in [0.25, 0.3) is 0 Å². The number of ether oxygens (including phenoxy) is 3. The maximum Gasteiger partial charge on any atom is 0.259 e. The van der Waals surface area contributed by atoms with E-state index in [1.54, 1.807) is 14.1 Å². The lowest BCUT2D eigenvalue weighted by molar-refractivity contribution is -0.130. The van der Waals surface area contributed by atoms with Gasteiger partial charge < -0.3 is 29.7 Å². The van der Waals surface area contributed by atoms with Crippen LogP contribution < -0.4 is 15.4 Å². The van der Waals surface area contributed by atoms with Gasteiger partial charge in [-0.15, -0.1) is 0 Å². The van der Waals surface area contributed by atoms with Gasteiger partial charge in [0.05, 0.1) is 6.54 Å². The summed E-state index contributed by atoms with van der Waals surface area (Å²) < 4.78 is 16.8. The molecule has 0 radical (unpaired) electrons. The smallest absolute Gasteiger partial charge is 0.259 e. The first-order valence-electron chi connectivity index (χ1n) is 11.2. The highest BCUT2D eigenvalue weighted by Gasteiger charge is 2.13. The van der Waals surface area contributed by atoms with Crippen molar-refractivity contribution in [2.75, 3.05) is 60.2 Å². The van der Waals surface area contributed by atoms with Gasteiger partial charge in [0.15, 0.2) is 12.6 Å². The van der Waals surface area contributed by atoms with Gasteiger partial charge >= 0.3 is 0 Å². The fraction of sp³-hybridized carbons (Fsp3) is 0.652. The molecule has 0 aromatic heterocycles. The summed E-state index contributed by atoms with van der Waals surface area (Å²) in [4.78, 5) is 17.8. The Kier molecular flexibility index (Phi) is 11.8. The van der Waals surface area contributed by atoms with E-state index in [2.05, 4.69) is 15.6 Å². The summed E-state index contributed by atoms with van der Waals surface area (Å²) in [6, 6.07) is 7.67. The van der Waals surface area contributed by atoms with Crippen molar-refractivity contribution in [3.8, 4) is 5.75 Å². The van der Waals surface area contributed by atoms with E-state index in [1.807, 2.05) is 31.2 Å². The zero-order valence-corrected chi connectivity index (χ0v) is 19.2. The second kappa shape index (κ2) is 14.6. The van der Waals surface area contributed by atoms with Crippen molar-refractivity contribution in [1.29, 1.82) is 0 Å². The molecule has 1 fully saturated rings. The van der Waals surface area contributed by atoms with Crippen LogP contribution in [0.5, 0.6) is 5.75 Å². The van der Waals surface area contributed by atoms with E-state index >= 15 is 0 Å². The zero-order chi connectivity index (χ0) is 22.3. The molecule has 1 aliphatic rings. The van der Waals surface area contributed by atoms with E-state index in [0.29, 0.717) is 18.2 Å². The molecule has 0 unspecified atom stereocenters. The Morgan fingerprint density at radius 1 is 1.26 bits per heavy atom. The maximum atomic E-state index is 11.7. The standard InChI is InChI=1S/C23H38N4O4/c1-4-24-23(25-11-6-12-30-17-19-9-13-29-14-10-19)26-16-20-7-5-8-21(15-20)31-18-22(28)27(2)3/h5,7-8,15,19H,4,6,9-14,16-18H2,1-3H3,(H2,24,25,26). The fourth-order valence-electron chi connectivity index (χ4n) is 3.06. The molecule has 0 aliphatic carbocycles. The summed E-state index contributed by atoms with van der Waals surface area (Å²) in [6.07, 6.45) is 3.14. The lowest BCUT2D eigenvalue weighted by Crippen LogP contribution is -2.38. The van der Waals surface area contributed by atoms with Gasteiger partial charge in [-0.05, 0) is 49.8 Å². The minimum absolute atomic E-state index is 0.0283. The maximum absolute atomic E-state index is 11.7. The summed E-state index contributed by atoms with van der Waals surface area (Å²) >= 11 is 0. The third-order valence-corrected chi connectivity index (χ3v) is 4.98. The van der Waals surface area contributed by atoms with Crippen LogP contribution in [0.1, 0.15) is 31.7 Å². The molecule has 1 heterocycles. The highest BCUT2D eigenvalue weighted by Crippen LogP contribution is 2.15. The number of nitrogens with one attached hydrogen (secondary N) is 2. The van der Waals surface area contributed by atoms with Crippen molar-refractivity contribution in [3.63, 3.8) is 0 Å². The number of likely N-dealkylation sites (N-methyl/N-ethyl adjacent to an activating group) is 1. The molecule has 8 nitrogen and oxygen atoms in total. The number of aliphatic imine (C=N–C) groups is 1. The molecule has 0 spiro atoms. The SMILES string of the molecule is CCNC(=NCc1cccc(OCC(=O)N(C)C)c1)NCCCOCC1CCOCC1. The number of hydrogen-bond acceptors (Lipinski definition) is 5. The highest BCUT2D eigenvalue weighted by molar-refractivity contribution is 5.79. The van der Waals surface area contributed by atoms with Gasteiger partial charge in [0.2, 0.25) is 0 Å². The molecule has 1 aromatic carbocycles. The Morgan fingerprint density at radius 2 is 2.06 bits per heavy atom. The van der Waals surface area contributed by atoms with Crippen LogP contribution in [0, 0.1) is 5.92 Å². The van der Waals surface area contributed by atoms with Crippen molar-refractivity contribution in [2.24, 2.45) is 10.9 Å². The van der Waals surface area contributed by atoms with Crippen LogP contribution >= 0.6 is 0 Å². The molecule has 1 amide bonds. The number of amides is 1. The number of rotatable bonds is 12. The topological polar surface area (TPSA) is 84.4 Å². The molecule has 2 rings (SSSR count). The summed E-state index contributed by atoms with van der Waals surface area (Å²) in [5, 5.41) is 6.62. The van der Waals surface area contributed by atoms with Crippen molar-refractivity contribution in [2.45, 2.75) is 32.7 Å². The third kappa shape index (κ3) is 10.5. The van der Waals surface area contributed by atoms with Crippen LogP contribution in [-0.2, 0) is 20.8 Å². The summed E-state index contributed by atoms with van der Waals surface area (Å²) in [6.45, 7) is 7.49. The van der Waals surface area contributed by atoms with Crippen molar-refractivity contribution in [1.82, 2.24) is 15.5 Å². The molecule has 0 saturated carbocycles. The van der Waals surface area contributed by atoms with E-state index < -0.39 is 0 Å². The molecule has 1 aromatic rings. The molecule has 0 atom stereocenters. The molecular weight excluding hydrogens is 396 g/mol. The summed E-state index contributed by atoms with van der Waals surface area (Å²) in [7, 11) is 3.43. The average molecular weight is 435 g/mol. The lowest BCUT2D eigenvalue weighted by atomic mass is 10.0. The Labute approximate surface area is 186 Å². The van der Waals surface area contributed by atoms with Gasteiger partial charge in [-0.1, -0.05) is 12.1 Å². The highest BCUT2D eigenvalue weighted by atomic mass is 16.5. The first-order valence-corrected chi connectivity index (χ1v) is 11.2. The molecule has 2 N–H and O–H groups in total. The predicted octanol–water partition coefficient (Wildman–Crippen LogP) is 2.04. The predicted molar refractivity (Wildman–Crippen MR) is 122 cm³/mol. The number of carbonyl (C=O) groups is 1. The summed E-state index contributed by atoms with van der Waals surface area (Å²) in [5.74, 6) is 2.02. The number of nitrogens with zero attached hydrogens (tertiary/aromatic N) is 2. The van der Waals surface area contributed by atoms with Crippen LogP contribution in [0.15, 0.2) is 29.3 Å². The molecular formula is C23H38N4O4. The van der Waals surface area contributed by atoms with Gasteiger partial charge in [0, 0.05) is 53.6 Å². The first-order chi connectivity index (χ1) is 15.1. The Bertz CT molecular complexity index is 675. The average Bonchev–Trinajstić information content (AvgIpc) is 2.79. The first kappa shape index (κ1) is 24.9. The molecule has 31 heavy (non-hydrogen) atoms. The zero-order valence-electron chi connectivity index (χ0n) is 19.2. The van der Waals surface area contributed by atoms with E-state index in [1.165, 1.54) is 4.90 Å². The van der Waals surface area contributed by atoms with Crippen molar-refractivity contribution < 1.29 is 19.0 Å². The number of hydrogen-bond donors (Lipinski definition) is 2. The quantitative estimate of drug-likeness (QED) is 0.298. The number of carbonyl (C=O) groups excluding carboxylic acids is 1. The molecule has 174 valence electrons. The van der Waals surface area contributed by atoms with Crippen LogP contribution in [0.2, 0.25) is 0 Å². The number of guanidine groups is 1. The van der Waals surface area contributed by atoms with E-state index in [4.69, 9.17) is 14.2 Å². The Morgan fingerprint density at radius 3 is 2.81 bits per heavy atom. The normalized spacial score (nSPS) is 14.9. The van der Waals surface area contributed by atoms with Crippen LogP contribution in [0.3, 0.4) is 0 Å². The van der Waals surface area contributed by atoms with Gasteiger partial charge in [-0.2, -0.15) is 0 Å². The largest absolute Gasteiger partial charge is 0.484 e. The van der Waals surface area contributed by atoms with Gasteiger partial charge in [0.1, 0.15) is 5.75 Å². The molecule has 1 aliphatic heterocycles. The summed E-state index contributed by atoms with van der Waals surface area (Å²) in [5.41, 5.74) is 1.02. The number of benzene rings is 1. The minimum Gasteiger partial charge on any atom is -0.484 e. The van der Waals surface area contributed by atoms with Crippen LogP contribution in [-0.4, -0.2) is 77.0 Å². The second-order valence-electron chi connectivity index (χ2n) is 7.83. The Hall–Kier alpha value is -2.32. The Balaban J connectivity index is 1.70. The monoisotopic (exact) mass is 434 g/mol. The van der Waals surface area contributed by atoms with Gasteiger partial charge in [-0.3, -0.25) is 4.79 Å². The van der Waals surface area contributed by atoms with E-state index in [-0.39, 0.29) is 12.5 Å². The fourth-order valence-corrected chi connectivity index (χ4v) is 3.06. The second-order valence-corrected chi connectivity index (χ2v) is 7.83. The van der Waals surface area contributed by atoms with Gasteiger partial charge in [0.25, 0.3) is 5.91 Å². The minimum atomic E-state index is -0.0706. The van der Waals surface area contributed by atoms with Gasteiger partial charge in [-0.25, -0.2) is 4.99 Å². The van der Waals surface area contributed by atoms with Crippen molar-refractivity contribution in [3.05, 3.63) is 29.8 Å². The lowest BCUT2D eigenvalue weighted by Gasteiger charge is -2.21. The third-order valence-electron chi connectivity index (χ3n) is 4.98. The molecule has 8 heteroatoms.